The van der Waals surface area contributed by atoms with Gasteiger partial charge in [0.25, 0.3) is 0 Å². The average molecular weight is 374 g/mol. The Morgan fingerprint density at radius 2 is 2.30 bits per heavy atom. The number of carbonyl (C=O) groups is 1. The summed E-state index contributed by atoms with van der Waals surface area (Å²) in [6, 6.07) is 6.82. The fourth-order valence-corrected chi connectivity index (χ4v) is 3.69. The van der Waals surface area contributed by atoms with Gasteiger partial charge in [-0.1, -0.05) is 12.1 Å². The fraction of sp³-hybridized carbons (Fsp3) is 0.579. The van der Waals surface area contributed by atoms with Crippen molar-refractivity contribution in [1.82, 2.24) is 30.0 Å². The molecule has 0 saturated carbocycles. The zero-order valence-corrected chi connectivity index (χ0v) is 15.8. The van der Waals surface area contributed by atoms with Gasteiger partial charge in [-0.05, 0) is 66.8 Å². The van der Waals surface area contributed by atoms with Gasteiger partial charge in [-0.3, -0.25) is 4.79 Å². The number of hydrogen-bond acceptors (Lipinski definition) is 5. The predicted molar refractivity (Wildman–Crippen MR) is 99.3 cm³/mol. The molecule has 1 aliphatic heterocycles. The quantitative estimate of drug-likeness (QED) is 0.702. The van der Waals surface area contributed by atoms with Gasteiger partial charge in [-0.25, -0.2) is 9.07 Å². The van der Waals surface area contributed by atoms with Crippen LogP contribution in [0.25, 0.3) is 0 Å². The molecule has 2 heterocycles. The van der Waals surface area contributed by atoms with Crippen molar-refractivity contribution >= 4 is 5.91 Å². The highest BCUT2D eigenvalue weighted by molar-refractivity contribution is 5.75. The van der Waals surface area contributed by atoms with Crippen LogP contribution in [0.2, 0.25) is 0 Å². The molecule has 1 unspecified atom stereocenters. The summed E-state index contributed by atoms with van der Waals surface area (Å²) in [7, 11) is 0. The lowest BCUT2D eigenvalue weighted by Crippen LogP contribution is -2.44. The first kappa shape index (κ1) is 19.4. The van der Waals surface area contributed by atoms with Crippen LogP contribution in [-0.2, 0) is 17.8 Å². The number of aromatic nitrogens is 4. The molecule has 27 heavy (non-hydrogen) atoms. The zero-order chi connectivity index (χ0) is 19.1. The maximum absolute atomic E-state index is 13.3. The monoisotopic (exact) mass is 374 g/mol. The highest BCUT2D eigenvalue weighted by atomic mass is 19.1. The summed E-state index contributed by atoms with van der Waals surface area (Å²) < 4.78 is 14.8. The van der Waals surface area contributed by atoms with Gasteiger partial charge in [-0.15, -0.1) is 5.10 Å². The molecule has 7 nitrogen and oxygen atoms in total. The molecule has 146 valence electrons. The highest BCUT2D eigenvalue weighted by Crippen LogP contribution is 2.18. The largest absolute Gasteiger partial charge is 0.341 e. The third kappa shape index (κ3) is 5.82. The van der Waals surface area contributed by atoms with Crippen LogP contribution in [0, 0.1) is 11.7 Å². The van der Waals surface area contributed by atoms with E-state index in [1.165, 1.54) is 17.1 Å². The van der Waals surface area contributed by atoms with Crippen LogP contribution in [0.5, 0.6) is 0 Å². The Hall–Kier alpha value is -2.35. The predicted octanol–water partition coefficient (Wildman–Crippen LogP) is 1.62. The molecule has 0 aliphatic carbocycles. The van der Waals surface area contributed by atoms with Gasteiger partial charge in [0, 0.05) is 26.2 Å². The van der Waals surface area contributed by atoms with Crippen molar-refractivity contribution in [3.05, 3.63) is 42.0 Å². The molecule has 0 spiro atoms. The molecular formula is C19H27FN6O. The molecule has 2 aromatic rings. The maximum atomic E-state index is 13.3. The Labute approximate surface area is 159 Å². The van der Waals surface area contributed by atoms with Crippen LogP contribution in [0.4, 0.5) is 4.39 Å². The van der Waals surface area contributed by atoms with E-state index in [4.69, 9.17) is 0 Å². The minimum absolute atomic E-state index is 0.0432. The first-order valence-corrected chi connectivity index (χ1v) is 9.59. The Morgan fingerprint density at radius 3 is 3.04 bits per heavy atom. The Balaban J connectivity index is 1.48. The van der Waals surface area contributed by atoms with Crippen molar-refractivity contribution in [3.8, 4) is 0 Å². The van der Waals surface area contributed by atoms with Crippen LogP contribution in [0.3, 0.4) is 0 Å². The summed E-state index contributed by atoms with van der Waals surface area (Å²) in [5.41, 5.74) is 1.03. The number of carbonyl (C=O) groups excluding carboxylic acids is 1. The van der Waals surface area contributed by atoms with Crippen LogP contribution < -0.4 is 0 Å². The molecule has 1 aromatic heterocycles. The number of likely N-dealkylation sites (tertiary alicyclic amines) is 1. The summed E-state index contributed by atoms with van der Waals surface area (Å²) in [5, 5.41) is 10.9. The second-order valence-electron chi connectivity index (χ2n) is 7.13. The molecule has 1 atom stereocenters. The normalized spacial score (nSPS) is 17.8. The molecule has 3 rings (SSSR count). The van der Waals surface area contributed by atoms with E-state index in [9.17, 15) is 9.18 Å². The van der Waals surface area contributed by atoms with Crippen LogP contribution in [0.1, 0.15) is 25.3 Å². The second-order valence-corrected chi connectivity index (χ2v) is 7.13. The van der Waals surface area contributed by atoms with E-state index in [-0.39, 0.29) is 18.3 Å². The van der Waals surface area contributed by atoms with Crippen LogP contribution in [-0.4, -0.2) is 68.6 Å². The average Bonchev–Trinajstić information content (AvgIpc) is 3.18. The lowest BCUT2D eigenvalue weighted by Gasteiger charge is -2.35. The number of rotatable bonds is 8. The van der Waals surface area contributed by atoms with Gasteiger partial charge in [-0.2, -0.15) is 0 Å². The topological polar surface area (TPSA) is 67.2 Å². The number of nitrogens with zero attached hydrogens (tertiary/aromatic N) is 6. The van der Waals surface area contributed by atoms with E-state index in [1.54, 1.807) is 12.1 Å². The smallest absolute Gasteiger partial charge is 0.244 e. The van der Waals surface area contributed by atoms with E-state index < -0.39 is 0 Å². The van der Waals surface area contributed by atoms with Gasteiger partial charge in [0.2, 0.25) is 5.91 Å². The van der Waals surface area contributed by atoms with E-state index in [1.807, 2.05) is 17.9 Å². The molecule has 0 bridgehead atoms. The Morgan fingerprint density at radius 1 is 1.41 bits per heavy atom. The number of tetrazole rings is 1. The van der Waals surface area contributed by atoms with E-state index >= 15 is 0 Å². The van der Waals surface area contributed by atoms with Crippen molar-refractivity contribution in [2.45, 2.75) is 32.7 Å². The molecule has 1 saturated heterocycles. The molecule has 0 N–H and O–H groups in total. The van der Waals surface area contributed by atoms with Crippen LogP contribution in [0.15, 0.2) is 30.6 Å². The second kappa shape index (κ2) is 9.55. The lowest BCUT2D eigenvalue weighted by atomic mass is 9.97. The standard InChI is InChI=1S/C19H27FN6O/c1-2-25(19(27)14-26-15-21-22-23-26)13-17-6-4-9-24(12-17)10-8-16-5-3-7-18(20)11-16/h3,5,7,11,15,17H,2,4,6,8-10,12-14H2,1H3. The van der Waals surface area contributed by atoms with Crippen molar-refractivity contribution in [1.29, 1.82) is 0 Å². The SMILES string of the molecule is CCN(CC1CCCN(CCc2cccc(F)c2)C1)C(=O)Cn1cnnn1. The maximum Gasteiger partial charge on any atom is 0.244 e. The summed E-state index contributed by atoms with van der Waals surface area (Å²) in [5.74, 6) is 0.328. The van der Waals surface area contributed by atoms with E-state index in [0.29, 0.717) is 12.5 Å². The van der Waals surface area contributed by atoms with Gasteiger partial charge < -0.3 is 9.80 Å². The minimum atomic E-state index is -0.177. The van der Waals surface area contributed by atoms with Gasteiger partial charge >= 0.3 is 0 Å². The molecule has 8 heteroatoms. The molecule has 1 fully saturated rings. The van der Waals surface area contributed by atoms with Crippen molar-refractivity contribution in [2.75, 3.05) is 32.7 Å². The number of halogens is 1. The summed E-state index contributed by atoms with van der Waals surface area (Å²) in [6.07, 6.45) is 4.57. The van der Waals surface area contributed by atoms with Gasteiger partial charge in [0.05, 0.1) is 0 Å². The third-order valence-electron chi connectivity index (χ3n) is 5.11. The van der Waals surface area contributed by atoms with Gasteiger partial charge in [0.1, 0.15) is 18.7 Å². The number of hydrogen-bond donors (Lipinski definition) is 0. The summed E-state index contributed by atoms with van der Waals surface area (Å²) in [6.45, 7) is 6.58. The Bertz CT molecular complexity index is 723. The molecule has 1 aliphatic rings. The van der Waals surface area contributed by atoms with E-state index in [2.05, 4.69) is 20.4 Å². The highest BCUT2D eigenvalue weighted by Gasteiger charge is 2.23. The summed E-state index contributed by atoms with van der Waals surface area (Å²) in [4.78, 5) is 16.8. The number of amides is 1. The first-order chi connectivity index (χ1) is 13.1. The van der Waals surface area contributed by atoms with Crippen LogP contribution >= 0.6 is 0 Å². The molecule has 1 aromatic carbocycles. The molecular weight excluding hydrogens is 347 g/mol. The van der Waals surface area contributed by atoms with Crippen molar-refractivity contribution < 1.29 is 9.18 Å². The lowest BCUT2D eigenvalue weighted by molar-refractivity contribution is -0.132. The molecule has 1 amide bonds. The molecule has 0 radical (unpaired) electrons. The first-order valence-electron chi connectivity index (χ1n) is 9.59. The summed E-state index contributed by atoms with van der Waals surface area (Å²) >= 11 is 0. The fourth-order valence-electron chi connectivity index (χ4n) is 3.69. The van der Waals surface area contributed by atoms with Gasteiger partial charge in [0.15, 0.2) is 0 Å². The van der Waals surface area contributed by atoms with Crippen molar-refractivity contribution in [3.63, 3.8) is 0 Å². The number of likely N-dealkylation sites (N-methyl/N-ethyl adjacent to an activating group) is 1. The zero-order valence-electron chi connectivity index (χ0n) is 15.8. The number of piperidine rings is 1. The third-order valence-corrected chi connectivity index (χ3v) is 5.11. The van der Waals surface area contributed by atoms with Crippen molar-refractivity contribution in [2.24, 2.45) is 5.92 Å². The minimum Gasteiger partial charge on any atom is -0.341 e. The number of benzene rings is 1. The Kier molecular flexibility index (Phi) is 6.86. The van der Waals surface area contributed by atoms with E-state index in [0.717, 1.165) is 51.0 Å².